The highest BCUT2D eigenvalue weighted by atomic mass is 16.2. The van der Waals surface area contributed by atoms with Crippen LogP contribution < -0.4 is 11.1 Å². The van der Waals surface area contributed by atoms with Crippen molar-refractivity contribution >= 4 is 5.91 Å². The molecule has 3 nitrogen and oxygen atoms in total. The van der Waals surface area contributed by atoms with Crippen molar-refractivity contribution in [2.24, 2.45) is 5.73 Å². The van der Waals surface area contributed by atoms with Gasteiger partial charge >= 0.3 is 0 Å². The molecule has 3 heteroatoms. The van der Waals surface area contributed by atoms with E-state index in [2.05, 4.69) is 5.32 Å². The fourth-order valence-corrected chi connectivity index (χ4v) is 2.42. The zero-order valence-corrected chi connectivity index (χ0v) is 9.84. The molecule has 0 saturated heterocycles. The summed E-state index contributed by atoms with van der Waals surface area (Å²) in [5.41, 5.74) is 8.98. The molecule has 1 aliphatic heterocycles. The largest absolute Gasteiger partial charge is 0.344 e. The summed E-state index contributed by atoms with van der Waals surface area (Å²) in [4.78, 5) is 11.9. The molecule has 1 heterocycles. The lowest BCUT2D eigenvalue weighted by molar-refractivity contribution is -0.123. The summed E-state index contributed by atoms with van der Waals surface area (Å²) in [6, 6.07) is 17.1. The maximum atomic E-state index is 11.9. The van der Waals surface area contributed by atoms with Crippen molar-refractivity contribution in [1.82, 2.24) is 5.32 Å². The van der Waals surface area contributed by atoms with Crippen LogP contribution in [0.15, 0.2) is 54.6 Å². The number of nitrogens with two attached hydrogens (primary N) is 1. The number of amides is 1. The average molecular weight is 238 g/mol. The third-order valence-corrected chi connectivity index (χ3v) is 3.34. The van der Waals surface area contributed by atoms with Gasteiger partial charge in [0.2, 0.25) is 5.91 Å². The number of fused-ring (bicyclic) bond motifs is 1. The molecule has 0 unspecified atom stereocenters. The molecule has 0 fully saturated rings. The number of rotatable bonds is 1. The number of nitrogens with one attached hydrogen (secondary N) is 1. The van der Waals surface area contributed by atoms with Crippen LogP contribution in [0.5, 0.6) is 0 Å². The first-order valence-electron chi connectivity index (χ1n) is 5.97. The second kappa shape index (κ2) is 4.27. The second-order valence-electron chi connectivity index (χ2n) is 4.46. The van der Waals surface area contributed by atoms with Gasteiger partial charge < -0.3 is 11.1 Å². The van der Waals surface area contributed by atoms with E-state index >= 15 is 0 Å². The van der Waals surface area contributed by atoms with E-state index in [-0.39, 0.29) is 11.9 Å². The highest BCUT2D eigenvalue weighted by Gasteiger charge is 2.30. The number of hydrogen-bond acceptors (Lipinski definition) is 2. The highest BCUT2D eigenvalue weighted by Crippen LogP contribution is 2.32. The summed E-state index contributed by atoms with van der Waals surface area (Å²) < 4.78 is 0. The van der Waals surface area contributed by atoms with Crippen molar-refractivity contribution in [2.75, 3.05) is 0 Å². The summed E-state index contributed by atoms with van der Waals surface area (Å²) in [7, 11) is 0. The topological polar surface area (TPSA) is 55.1 Å². The molecule has 3 N–H and O–H groups in total. The Bertz CT molecular complexity index is 580. The van der Waals surface area contributed by atoms with Gasteiger partial charge in [-0.15, -0.1) is 0 Å². The van der Waals surface area contributed by atoms with Gasteiger partial charge in [-0.05, 0) is 16.7 Å². The van der Waals surface area contributed by atoms with Gasteiger partial charge in [-0.3, -0.25) is 4.79 Å². The molecular formula is C15H14N2O. The maximum absolute atomic E-state index is 11.9. The van der Waals surface area contributed by atoms with Gasteiger partial charge in [0.05, 0.1) is 6.04 Å². The number of hydrogen-bond donors (Lipinski definition) is 2. The molecule has 2 aromatic rings. The smallest absolute Gasteiger partial charge is 0.242 e. The minimum atomic E-state index is -0.568. The van der Waals surface area contributed by atoms with Gasteiger partial charge in [0, 0.05) is 0 Å². The van der Waals surface area contributed by atoms with Crippen molar-refractivity contribution in [3.63, 3.8) is 0 Å². The van der Waals surface area contributed by atoms with Crippen LogP contribution in [0.4, 0.5) is 0 Å². The van der Waals surface area contributed by atoms with Crippen LogP contribution in [0.1, 0.15) is 28.8 Å². The summed E-state index contributed by atoms with van der Waals surface area (Å²) >= 11 is 0. The fraction of sp³-hybridized carbons (Fsp3) is 0.133. The van der Waals surface area contributed by atoms with Gasteiger partial charge in [-0.2, -0.15) is 0 Å². The molecule has 2 atom stereocenters. The number of benzene rings is 2. The zero-order chi connectivity index (χ0) is 12.5. The minimum absolute atomic E-state index is 0.102. The van der Waals surface area contributed by atoms with Crippen molar-refractivity contribution < 1.29 is 4.79 Å². The Hall–Kier alpha value is -2.13. The van der Waals surface area contributed by atoms with Crippen molar-refractivity contribution in [3.05, 3.63) is 71.3 Å². The molecule has 0 aromatic heterocycles. The van der Waals surface area contributed by atoms with Crippen LogP contribution in [0.3, 0.4) is 0 Å². The summed E-state index contributed by atoms with van der Waals surface area (Å²) in [5.74, 6) is -0.123. The fourth-order valence-electron chi connectivity index (χ4n) is 2.42. The number of carbonyl (C=O) groups excluding carboxylic acids is 1. The molecule has 3 rings (SSSR count). The Morgan fingerprint density at radius 3 is 2.22 bits per heavy atom. The van der Waals surface area contributed by atoms with E-state index in [0.717, 1.165) is 16.7 Å². The summed E-state index contributed by atoms with van der Waals surface area (Å²) in [5, 5.41) is 2.97. The van der Waals surface area contributed by atoms with Crippen LogP contribution in [-0.4, -0.2) is 5.91 Å². The highest BCUT2D eigenvalue weighted by molar-refractivity contribution is 5.86. The van der Waals surface area contributed by atoms with Crippen molar-refractivity contribution in [2.45, 2.75) is 12.1 Å². The Labute approximate surface area is 106 Å². The molecule has 2 aromatic carbocycles. The normalized spacial score (nSPS) is 22.2. The van der Waals surface area contributed by atoms with E-state index in [4.69, 9.17) is 5.73 Å². The Morgan fingerprint density at radius 2 is 1.50 bits per heavy atom. The van der Waals surface area contributed by atoms with Crippen LogP contribution in [0, 0.1) is 0 Å². The van der Waals surface area contributed by atoms with E-state index in [1.165, 1.54) is 0 Å². The van der Waals surface area contributed by atoms with E-state index in [9.17, 15) is 4.79 Å². The second-order valence-corrected chi connectivity index (χ2v) is 4.46. The first-order valence-corrected chi connectivity index (χ1v) is 5.97. The summed E-state index contributed by atoms with van der Waals surface area (Å²) in [6.45, 7) is 0. The van der Waals surface area contributed by atoms with Crippen LogP contribution >= 0.6 is 0 Å². The Kier molecular flexibility index (Phi) is 2.61. The minimum Gasteiger partial charge on any atom is -0.344 e. The van der Waals surface area contributed by atoms with Gasteiger partial charge in [0.25, 0.3) is 0 Å². The Morgan fingerprint density at radius 1 is 0.889 bits per heavy atom. The van der Waals surface area contributed by atoms with Crippen LogP contribution in [0.25, 0.3) is 0 Å². The zero-order valence-electron chi connectivity index (χ0n) is 9.84. The molecule has 0 bridgehead atoms. The quantitative estimate of drug-likeness (QED) is 0.797. The van der Waals surface area contributed by atoms with Crippen molar-refractivity contribution in [1.29, 1.82) is 0 Å². The molecule has 90 valence electrons. The molecule has 0 saturated carbocycles. The van der Waals surface area contributed by atoms with Gasteiger partial charge in [0.1, 0.15) is 6.04 Å². The Balaban J connectivity index is 2.13. The van der Waals surface area contributed by atoms with Gasteiger partial charge in [-0.1, -0.05) is 54.6 Å². The molecule has 0 aliphatic carbocycles. The molecular weight excluding hydrogens is 224 g/mol. The lowest BCUT2D eigenvalue weighted by atomic mass is 9.87. The van der Waals surface area contributed by atoms with E-state index in [0.29, 0.717) is 0 Å². The van der Waals surface area contributed by atoms with E-state index in [1.807, 2.05) is 54.6 Å². The average Bonchev–Trinajstić information content (AvgIpc) is 2.44. The van der Waals surface area contributed by atoms with Crippen molar-refractivity contribution in [3.8, 4) is 0 Å². The van der Waals surface area contributed by atoms with Crippen LogP contribution in [0.2, 0.25) is 0 Å². The molecule has 0 spiro atoms. The first kappa shape index (κ1) is 11.0. The monoisotopic (exact) mass is 238 g/mol. The molecule has 1 amide bonds. The van der Waals surface area contributed by atoms with E-state index in [1.54, 1.807) is 0 Å². The van der Waals surface area contributed by atoms with Crippen LogP contribution in [-0.2, 0) is 4.79 Å². The molecule has 18 heavy (non-hydrogen) atoms. The van der Waals surface area contributed by atoms with E-state index < -0.39 is 6.04 Å². The predicted octanol–water partition coefficient (Wildman–Crippen LogP) is 1.91. The number of carbonyl (C=O) groups is 1. The lowest BCUT2D eigenvalue weighted by Gasteiger charge is -2.30. The lowest BCUT2D eigenvalue weighted by Crippen LogP contribution is -2.42. The molecule has 0 radical (unpaired) electrons. The summed E-state index contributed by atoms with van der Waals surface area (Å²) in [6.07, 6.45) is 0. The standard InChI is InChI=1S/C15H14N2O/c16-13-11-8-4-5-9-12(11)14(17-15(13)18)10-6-2-1-3-7-10/h1-9,13-14H,16H2,(H,17,18)/t13-,14+/m1/s1. The van der Waals surface area contributed by atoms with Gasteiger partial charge in [-0.25, -0.2) is 0 Å². The SMILES string of the molecule is N[C@H]1C(=O)N[C@@H](c2ccccc2)c2ccccc21. The first-order chi connectivity index (χ1) is 8.77. The predicted molar refractivity (Wildman–Crippen MR) is 69.8 cm³/mol. The van der Waals surface area contributed by atoms with Gasteiger partial charge in [0.15, 0.2) is 0 Å². The third-order valence-electron chi connectivity index (χ3n) is 3.34. The molecule has 1 aliphatic rings. The maximum Gasteiger partial charge on any atom is 0.242 e. The third kappa shape index (κ3) is 1.69.